The Morgan fingerprint density at radius 2 is 1.86 bits per heavy atom. The highest BCUT2D eigenvalue weighted by Crippen LogP contribution is 2.36. The minimum atomic E-state index is -1.75. The zero-order valence-electron chi connectivity index (χ0n) is 7.41. The summed E-state index contributed by atoms with van der Waals surface area (Å²) in [7, 11) is 1.52. The van der Waals surface area contributed by atoms with Crippen molar-refractivity contribution in [2.75, 3.05) is 12.4 Å². The van der Waals surface area contributed by atoms with Crippen LogP contribution in [0.25, 0.3) is 0 Å². The molecule has 0 spiro atoms. The highest BCUT2D eigenvalue weighted by molar-refractivity contribution is 6.66. The van der Waals surface area contributed by atoms with Crippen LogP contribution in [0.5, 0.6) is 0 Å². The van der Waals surface area contributed by atoms with Gasteiger partial charge in [0.15, 0.2) is 17.5 Å². The van der Waals surface area contributed by atoms with Crippen LogP contribution in [0.1, 0.15) is 11.5 Å². The van der Waals surface area contributed by atoms with Crippen LogP contribution < -0.4 is 5.32 Å². The molecule has 7 heteroatoms. The molecule has 0 radical (unpaired) electrons. The lowest BCUT2D eigenvalue weighted by atomic mass is 10.4. The molecule has 0 amide bonds. The number of anilines is 1. The molecule has 0 unspecified atom stereocenters. The lowest BCUT2D eigenvalue weighted by Crippen LogP contribution is -2.12. The topological polar surface area (TPSA) is 37.8 Å². The van der Waals surface area contributed by atoms with E-state index < -0.39 is 9.61 Å². The van der Waals surface area contributed by atoms with Gasteiger partial charge in [-0.05, 0) is 6.92 Å². The van der Waals surface area contributed by atoms with Crippen molar-refractivity contribution < 1.29 is 4.39 Å². The fourth-order valence-corrected chi connectivity index (χ4v) is 1.11. The third kappa shape index (κ3) is 2.38. The average Bonchev–Trinajstić information content (AvgIpc) is 2.07. The molecule has 0 bridgehead atoms. The Morgan fingerprint density at radius 3 is 2.29 bits per heavy atom. The van der Waals surface area contributed by atoms with Crippen LogP contribution in [0, 0.1) is 12.7 Å². The van der Waals surface area contributed by atoms with E-state index in [2.05, 4.69) is 15.3 Å². The molecule has 0 aliphatic heterocycles. The summed E-state index contributed by atoms with van der Waals surface area (Å²) in [5, 5.41) is 2.55. The van der Waals surface area contributed by atoms with Gasteiger partial charge in [-0.2, -0.15) is 0 Å². The maximum Gasteiger partial charge on any atom is 0.250 e. The maximum absolute atomic E-state index is 13.3. The Hall–Kier alpha value is -0.320. The predicted molar refractivity (Wildman–Crippen MR) is 55.5 cm³/mol. The van der Waals surface area contributed by atoms with E-state index >= 15 is 0 Å². The van der Waals surface area contributed by atoms with Crippen LogP contribution in [-0.4, -0.2) is 17.0 Å². The lowest BCUT2D eigenvalue weighted by molar-refractivity contribution is 0.602. The molecule has 0 fully saturated rings. The molecule has 3 nitrogen and oxygen atoms in total. The zero-order valence-corrected chi connectivity index (χ0v) is 9.67. The Morgan fingerprint density at radius 1 is 1.29 bits per heavy atom. The van der Waals surface area contributed by atoms with Gasteiger partial charge in [0.1, 0.15) is 0 Å². The fraction of sp³-hybridized carbons (Fsp3) is 0.429. The number of nitrogens with zero attached hydrogens (tertiary/aromatic N) is 2. The quantitative estimate of drug-likeness (QED) is 0.787. The molecule has 0 aliphatic rings. The highest BCUT2D eigenvalue weighted by atomic mass is 35.6. The molecule has 1 N–H and O–H groups in total. The summed E-state index contributed by atoms with van der Waals surface area (Å²) in [6, 6.07) is 0. The van der Waals surface area contributed by atoms with E-state index in [1.807, 2.05) is 0 Å². The molecule has 0 aliphatic carbocycles. The van der Waals surface area contributed by atoms with Gasteiger partial charge in [0.2, 0.25) is 3.79 Å². The normalized spacial score (nSPS) is 11.6. The van der Waals surface area contributed by atoms with Gasteiger partial charge in [-0.15, -0.1) is 0 Å². The summed E-state index contributed by atoms with van der Waals surface area (Å²) in [6.07, 6.45) is 0. The summed E-state index contributed by atoms with van der Waals surface area (Å²) in [5.41, 5.74) is 0.130. The Labute approximate surface area is 95.6 Å². The summed E-state index contributed by atoms with van der Waals surface area (Å²) in [5.74, 6) is -0.588. The fourth-order valence-electron chi connectivity index (χ4n) is 0.852. The van der Waals surface area contributed by atoms with Crippen molar-refractivity contribution in [3.63, 3.8) is 0 Å². The van der Waals surface area contributed by atoms with E-state index in [0.29, 0.717) is 0 Å². The van der Waals surface area contributed by atoms with Gasteiger partial charge in [-0.3, -0.25) is 0 Å². The molecule has 1 rings (SSSR count). The molecule has 1 aromatic rings. The summed E-state index contributed by atoms with van der Waals surface area (Å²) in [4.78, 5) is 7.46. The molecule has 78 valence electrons. The Balaban J connectivity index is 3.30. The number of hydrogen-bond donors (Lipinski definition) is 1. The van der Waals surface area contributed by atoms with Crippen LogP contribution in [0.4, 0.5) is 10.2 Å². The second-order valence-corrected chi connectivity index (χ2v) is 4.82. The van der Waals surface area contributed by atoms with E-state index in [1.54, 1.807) is 0 Å². The second-order valence-electron chi connectivity index (χ2n) is 2.54. The highest BCUT2D eigenvalue weighted by Gasteiger charge is 2.28. The Bertz CT molecular complexity index is 351. The van der Waals surface area contributed by atoms with Gasteiger partial charge in [0.25, 0.3) is 0 Å². The number of rotatable bonds is 1. The molecule has 0 saturated carbocycles. The molecular weight excluding hydrogens is 251 g/mol. The third-order valence-corrected chi connectivity index (χ3v) is 2.01. The smallest absolute Gasteiger partial charge is 0.250 e. The van der Waals surface area contributed by atoms with Crippen molar-refractivity contribution in [1.82, 2.24) is 9.97 Å². The molecule has 1 heterocycles. The van der Waals surface area contributed by atoms with Gasteiger partial charge in [0.05, 0.1) is 5.69 Å². The zero-order chi connectivity index (χ0) is 10.9. The molecule has 0 atom stereocenters. The van der Waals surface area contributed by atoms with Crippen LogP contribution >= 0.6 is 34.8 Å². The SMILES string of the molecule is CNc1nc(C(Cl)(Cl)Cl)nc(C)c1F. The predicted octanol–water partition coefficient (Wildman–Crippen LogP) is 2.79. The van der Waals surface area contributed by atoms with Crippen molar-refractivity contribution >= 4 is 40.6 Å². The van der Waals surface area contributed by atoms with E-state index in [-0.39, 0.29) is 17.3 Å². The largest absolute Gasteiger partial charge is 0.371 e. The summed E-state index contributed by atoms with van der Waals surface area (Å²) < 4.78 is 11.5. The first kappa shape index (κ1) is 11.8. The number of halogens is 4. The van der Waals surface area contributed by atoms with E-state index in [1.165, 1.54) is 14.0 Å². The average molecular weight is 259 g/mol. The van der Waals surface area contributed by atoms with Crippen molar-refractivity contribution in [1.29, 1.82) is 0 Å². The number of aromatic nitrogens is 2. The Kier molecular flexibility index (Phi) is 3.40. The molecular formula is C7H7Cl3FN3. The first-order valence-corrected chi connectivity index (χ1v) is 4.78. The first-order valence-electron chi connectivity index (χ1n) is 3.65. The van der Waals surface area contributed by atoms with E-state index in [4.69, 9.17) is 34.8 Å². The lowest BCUT2D eigenvalue weighted by Gasteiger charge is -2.12. The van der Waals surface area contributed by atoms with Crippen molar-refractivity contribution in [3.8, 4) is 0 Å². The minimum absolute atomic E-state index is 0.0128. The molecule has 0 saturated heterocycles. The summed E-state index contributed by atoms with van der Waals surface area (Å²) >= 11 is 16.7. The van der Waals surface area contributed by atoms with Crippen LogP contribution in [-0.2, 0) is 3.79 Å². The molecule has 1 aromatic heterocycles. The van der Waals surface area contributed by atoms with Gasteiger partial charge in [-0.25, -0.2) is 14.4 Å². The third-order valence-electron chi connectivity index (χ3n) is 1.51. The monoisotopic (exact) mass is 257 g/mol. The second kappa shape index (κ2) is 4.04. The van der Waals surface area contributed by atoms with Gasteiger partial charge < -0.3 is 5.32 Å². The van der Waals surface area contributed by atoms with Crippen molar-refractivity contribution in [2.24, 2.45) is 0 Å². The van der Waals surface area contributed by atoms with Crippen molar-refractivity contribution in [2.45, 2.75) is 10.7 Å². The minimum Gasteiger partial charge on any atom is -0.371 e. The van der Waals surface area contributed by atoms with Gasteiger partial charge in [-0.1, -0.05) is 34.8 Å². The summed E-state index contributed by atoms with van der Waals surface area (Å²) in [6.45, 7) is 1.47. The number of aryl methyl sites for hydroxylation is 1. The van der Waals surface area contributed by atoms with Gasteiger partial charge in [0, 0.05) is 7.05 Å². The van der Waals surface area contributed by atoms with E-state index in [0.717, 1.165) is 0 Å². The van der Waals surface area contributed by atoms with Crippen LogP contribution in [0.2, 0.25) is 0 Å². The van der Waals surface area contributed by atoms with Crippen molar-refractivity contribution in [3.05, 3.63) is 17.3 Å². The van der Waals surface area contributed by atoms with Crippen LogP contribution in [0.3, 0.4) is 0 Å². The van der Waals surface area contributed by atoms with Crippen LogP contribution in [0.15, 0.2) is 0 Å². The first-order chi connectivity index (χ1) is 6.36. The standard InChI is InChI=1S/C7H7Cl3FN3/c1-3-4(11)5(12-2)14-6(13-3)7(8,9)10/h1-2H3,(H,12,13,14). The molecule has 0 aromatic carbocycles. The number of nitrogens with one attached hydrogen (secondary N) is 1. The number of alkyl halides is 3. The van der Waals surface area contributed by atoms with E-state index in [9.17, 15) is 4.39 Å². The molecule has 14 heavy (non-hydrogen) atoms. The van der Waals surface area contributed by atoms with Gasteiger partial charge >= 0.3 is 0 Å². The number of hydrogen-bond acceptors (Lipinski definition) is 3. The maximum atomic E-state index is 13.3.